The van der Waals surface area contributed by atoms with E-state index < -0.39 is 0 Å². The number of aryl methyl sites for hydroxylation is 1. The maximum absolute atomic E-state index is 12.5. The summed E-state index contributed by atoms with van der Waals surface area (Å²) in [7, 11) is 0. The molecule has 2 amide bonds. The maximum atomic E-state index is 12.5. The van der Waals surface area contributed by atoms with Crippen molar-refractivity contribution < 1.29 is 9.59 Å². The maximum Gasteiger partial charge on any atom is 0.252 e. The highest BCUT2D eigenvalue weighted by Gasteiger charge is 2.28. The van der Waals surface area contributed by atoms with Crippen molar-refractivity contribution >= 4 is 29.3 Å². The zero-order valence-corrected chi connectivity index (χ0v) is 16.2. The molecule has 1 aliphatic rings. The predicted molar refractivity (Wildman–Crippen MR) is 110 cm³/mol. The van der Waals surface area contributed by atoms with Gasteiger partial charge in [-0.25, -0.2) is 0 Å². The van der Waals surface area contributed by atoms with Gasteiger partial charge in [-0.2, -0.15) is 0 Å². The third kappa shape index (κ3) is 5.84. The highest BCUT2D eigenvalue weighted by atomic mass is 32.2. The molecule has 5 nitrogen and oxygen atoms in total. The van der Waals surface area contributed by atoms with E-state index in [2.05, 4.69) is 10.6 Å². The van der Waals surface area contributed by atoms with Gasteiger partial charge in [0.15, 0.2) is 0 Å². The number of benzene rings is 2. The van der Waals surface area contributed by atoms with Gasteiger partial charge >= 0.3 is 0 Å². The van der Waals surface area contributed by atoms with Crippen LogP contribution in [0.15, 0.2) is 53.4 Å². The Morgan fingerprint density at radius 3 is 2.56 bits per heavy atom. The van der Waals surface area contributed by atoms with E-state index in [0.717, 1.165) is 29.0 Å². The second-order valence-corrected chi connectivity index (χ2v) is 7.93. The topological polar surface area (TPSA) is 84.2 Å². The lowest BCUT2D eigenvalue weighted by molar-refractivity contribution is -0.113. The van der Waals surface area contributed by atoms with Crippen molar-refractivity contribution in [2.75, 3.05) is 17.6 Å². The van der Waals surface area contributed by atoms with Crippen molar-refractivity contribution in [3.8, 4) is 0 Å². The molecular formula is C21H25N3O2S. The van der Waals surface area contributed by atoms with Gasteiger partial charge in [-0.15, -0.1) is 11.8 Å². The fourth-order valence-electron chi connectivity index (χ4n) is 2.75. The van der Waals surface area contributed by atoms with Crippen LogP contribution in [0.4, 0.5) is 5.69 Å². The highest BCUT2D eigenvalue weighted by Crippen LogP contribution is 2.31. The molecule has 0 saturated heterocycles. The minimum Gasteiger partial charge on any atom is -0.350 e. The van der Waals surface area contributed by atoms with Crippen LogP contribution >= 0.6 is 11.8 Å². The minimum absolute atomic E-state index is 0.0223. The molecule has 0 bridgehead atoms. The molecule has 0 aromatic heterocycles. The van der Waals surface area contributed by atoms with Crippen molar-refractivity contribution in [1.82, 2.24) is 5.32 Å². The molecule has 1 unspecified atom stereocenters. The predicted octanol–water partition coefficient (Wildman–Crippen LogP) is 3.19. The molecule has 27 heavy (non-hydrogen) atoms. The number of carbonyl (C=O) groups is 2. The fraction of sp³-hybridized carbons (Fsp3) is 0.333. The van der Waals surface area contributed by atoms with E-state index in [1.807, 2.05) is 49.4 Å². The van der Waals surface area contributed by atoms with Gasteiger partial charge in [-0.05, 0) is 49.9 Å². The molecule has 0 heterocycles. The van der Waals surface area contributed by atoms with E-state index in [1.54, 1.807) is 6.07 Å². The summed E-state index contributed by atoms with van der Waals surface area (Å²) >= 11 is 1.35. The van der Waals surface area contributed by atoms with Crippen molar-refractivity contribution in [3.63, 3.8) is 0 Å². The van der Waals surface area contributed by atoms with Crippen LogP contribution in [0.5, 0.6) is 0 Å². The monoisotopic (exact) mass is 383 g/mol. The molecule has 1 aliphatic carbocycles. The quantitative estimate of drug-likeness (QED) is 0.611. The Labute approximate surface area is 164 Å². The first-order chi connectivity index (χ1) is 13.0. The zero-order chi connectivity index (χ0) is 19.2. The van der Waals surface area contributed by atoms with Crippen LogP contribution in [0, 0.1) is 12.8 Å². The normalized spacial score (nSPS) is 14.4. The summed E-state index contributed by atoms with van der Waals surface area (Å²) in [5.41, 5.74) is 8.54. The van der Waals surface area contributed by atoms with E-state index in [0.29, 0.717) is 18.0 Å². The van der Waals surface area contributed by atoms with Crippen LogP contribution in [0.3, 0.4) is 0 Å². The lowest BCUT2D eigenvalue weighted by Crippen LogP contribution is -2.38. The second kappa shape index (κ2) is 9.06. The summed E-state index contributed by atoms with van der Waals surface area (Å²) in [5, 5.41) is 5.79. The van der Waals surface area contributed by atoms with Gasteiger partial charge < -0.3 is 16.4 Å². The van der Waals surface area contributed by atoms with Gasteiger partial charge in [0, 0.05) is 23.2 Å². The van der Waals surface area contributed by atoms with Crippen molar-refractivity contribution in [2.24, 2.45) is 11.7 Å². The van der Waals surface area contributed by atoms with Gasteiger partial charge in [-0.3, -0.25) is 9.59 Å². The lowest BCUT2D eigenvalue weighted by Gasteiger charge is -2.13. The molecule has 0 aliphatic heterocycles. The first-order valence-electron chi connectivity index (χ1n) is 9.15. The number of nitrogens with one attached hydrogen (secondary N) is 2. The van der Waals surface area contributed by atoms with Crippen LogP contribution < -0.4 is 16.4 Å². The lowest BCUT2D eigenvalue weighted by atomic mass is 10.2. The summed E-state index contributed by atoms with van der Waals surface area (Å²) in [6.07, 6.45) is 2.30. The van der Waals surface area contributed by atoms with Crippen molar-refractivity contribution in [1.29, 1.82) is 0 Å². The number of amides is 2. The minimum atomic E-state index is -0.145. The number of thioether (sulfide) groups is 1. The third-order valence-corrected chi connectivity index (χ3v) is 5.63. The Morgan fingerprint density at radius 1 is 1.15 bits per heavy atom. The van der Waals surface area contributed by atoms with Crippen LogP contribution in [0.2, 0.25) is 0 Å². The van der Waals surface area contributed by atoms with Gasteiger partial charge in [0.1, 0.15) is 0 Å². The summed E-state index contributed by atoms with van der Waals surface area (Å²) in [5.74, 6) is 0.531. The molecule has 6 heteroatoms. The fourth-order valence-corrected chi connectivity index (χ4v) is 3.60. The summed E-state index contributed by atoms with van der Waals surface area (Å²) in [4.78, 5) is 25.5. The van der Waals surface area contributed by atoms with E-state index in [9.17, 15) is 9.59 Å². The Morgan fingerprint density at radius 2 is 1.85 bits per heavy atom. The molecule has 3 rings (SSSR count). The van der Waals surface area contributed by atoms with Gasteiger partial charge in [-0.1, -0.05) is 29.8 Å². The molecule has 2 aromatic carbocycles. The van der Waals surface area contributed by atoms with E-state index >= 15 is 0 Å². The third-order valence-electron chi connectivity index (χ3n) is 4.55. The number of rotatable bonds is 8. The number of nitrogens with two attached hydrogens (primary N) is 1. The molecule has 0 radical (unpaired) electrons. The standard InChI is InChI=1S/C21H25N3O2S/c1-14-6-10-16(11-7-14)24-20(25)13-27-19-5-3-2-4-17(19)21(26)23-12-18(22)15-8-9-15/h2-7,10-11,15,18H,8-9,12-13,22H2,1H3,(H,23,26)(H,24,25). The SMILES string of the molecule is Cc1ccc(NC(=O)CSc2ccccc2C(=O)NCC(N)C2CC2)cc1. The van der Waals surface area contributed by atoms with E-state index in [-0.39, 0.29) is 23.6 Å². The van der Waals surface area contributed by atoms with Crippen LogP contribution in [0.25, 0.3) is 0 Å². The zero-order valence-electron chi connectivity index (χ0n) is 15.4. The Bertz CT molecular complexity index is 803. The Kier molecular flexibility index (Phi) is 6.53. The molecule has 2 aromatic rings. The first-order valence-corrected chi connectivity index (χ1v) is 10.1. The largest absolute Gasteiger partial charge is 0.350 e. The number of hydrogen-bond acceptors (Lipinski definition) is 4. The number of carbonyl (C=O) groups excluding carboxylic acids is 2. The molecular weight excluding hydrogens is 358 g/mol. The van der Waals surface area contributed by atoms with Gasteiger partial charge in [0.05, 0.1) is 11.3 Å². The first kappa shape index (κ1) is 19.5. The summed E-state index contributed by atoms with van der Waals surface area (Å²) < 4.78 is 0. The molecule has 4 N–H and O–H groups in total. The smallest absolute Gasteiger partial charge is 0.252 e. The Hall–Kier alpha value is -2.31. The van der Waals surface area contributed by atoms with Crippen molar-refractivity contribution in [3.05, 3.63) is 59.7 Å². The van der Waals surface area contributed by atoms with Gasteiger partial charge in [0.2, 0.25) is 5.91 Å². The van der Waals surface area contributed by atoms with Gasteiger partial charge in [0.25, 0.3) is 5.91 Å². The average Bonchev–Trinajstić information content (AvgIpc) is 3.51. The average molecular weight is 384 g/mol. The molecule has 0 spiro atoms. The van der Waals surface area contributed by atoms with Crippen LogP contribution in [-0.4, -0.2) is 30.2 Å². The van der Waals surface area contributed by atoms with Crippen LogP contribution in [-0.2, 0) is 4.79 Å². The number of hydrogen-bond donors (Lipinski definition) is 3. The summed E-state index contributed by atoms with van der Waals surface area (Å²) in [6.45, 7) is 2.48. The molecule has 1 atom stereocenters. The second-order valence-electron chi connectivity index (χ2n) is 6.91. The summed E-state index contributed by atoms with van der Waals surface area (Å²) in [6, 6.07) is 15.0. The molecule has 1 saturated carbocycles. The highest BCUT2D eigenvalue weighted by molar-refractivity contribution is 8.00. The Balaban J connectivity index is 1.54. The molecule has 1 fully saturated rings. The van der Waals surface area contributed by atoms with Crippen LogP contribution in [0.1, 0.15) is 28.8 Å². The number of anilines is 1. The van der Waals surface area contributed by atoms with Crippen molar-refractivity contribution in [2.45, 2.75) is 30.7 Å². The molecule has 142 valence electrons. The van der Waals surface area contributed by atoms with E-state index in [4.69, 9.17) is 5.73 Å². The van der Waals surface area contributed by atoms with E-state index in [1.165, 1.54) is 11.8 Å².